The predicted molar refractivity (Wildman–Crippen MR) is 160 cm³/mol. The van der Waals surface area contributed by atoms with E-state index in [0.29, 0.717) is 28.5 Å². The second-order valence-electron chi connectivity index (χ2n) is 9.78. The first-order valence-electron chi connectivity index (χ1n) is 12.9. The average Bonchev–Trinajstić information content (AvgIpc) is 3.53. The molecule has 3 amide bonds. The molecule has 1 unspecified atom stereocenters. The summed E-state index contributed by atoms with van der Waals surface area (Å²) in [6.07, 6.45) is -3.35. The molecule has 1 N–H and O–H groups in total. The van der Waals surface area contributed by atoms with Crippen molar-refractivity contribution in [1.29, 1.82) is 0 Å². The van der Waals surface area contributed by atoms with Crippen molar-refractivity contribution < 1.29 is 27.5 Å². The Morgan fingerprint density at radius 3 is 2.44 bits per heavy atom. The van der Waals surface area contributed by atoms with Gasteiger partial charge in [0.2, 0.25) is 0 Å². The molecule has 1 aliphatic heterocycles. The van der Waals surface area contributed by atoms with Crippen molar-refractivity contribution in [3.8, 4) is 22.8 Å². The minimum absolute atomic E-state index is 0.121. The number of aromatic nitrogens is 3. The van der Waals surface area contributed by atoms with Crippen LogP contribution in [0.1, 0.15) is 30.9 Å². The summed E-state index contributed by atoms with van der Waals surface area (Å²) < 4.78 is 41.6. The van der Waals surface area contributed by atoms with Crippen molar-refractivity contribution in [2.24, 2.45) is 4.99 Å². The fraction of sp³-hybridized carbons (Fsp3) is 0.207. The second-order valence-corrected chi connectivity index (χ2v) is 11.5. The van der Waals surface area contributed by atoms with Crippen LogP contribution in [0.5, 0.6) is 5.75 Å². The number of hydrogen-bond donors (Lipinski definition) is 1. The zero-order valence-corrected chi connectivity index (χ0v) is 24.5. The number of benzene rings is 3. The Kier molecular flexibility index (Phi) is 8.47. The fourth-order valence-electron chi connectivity index (χ4n) is 4.29. The predicted octanol–water partition coefficient (Wildman–Crippen LogP) is 7.50. The summed E-state index contributed by atoms with van der Waals surface area (Å²) in [4.78, 5) is 35.6. The number of hydrogen-bond acceptors (Lipinski definition) is 6. The topological polar surface area (TPSA) is 102 Å². The number of aliphatic imine (C=N–C) groups is 1. The highest BCUT2D eigenvalue weighted by Crippen LogP contribution is 2.38. The molecule has 0 spiro atoms. The van der Waals surface area contributed by atoms with Crippen molar-refractivity contribution in [2.45, 2.75) is 37.8 Å². The van der Waals surface area contributed by atoms with E-state index in [1.165, 1.54) is 40.2 Å². The average molecular weight is 629 g/mol. The van der Waals surface area contributed by atoms with E-state index in [9.17, 15) is 22.8 Å². The molecule has 3 aromatic carbocycles. The van der Waals surface area contributed by atoms with Crippen LogP contribution < -0.4 is 15.0 Å². The first kappa shape index (κ1) is 30.1. The number of halogens is 4. The van der Waals surface area contributed by atoms with E-state index in [1.54, 1.807) is 24.3 Å². The number of alkyl halides is 4. The third kappa shape index (κ3) is 7.00. The Morgan fingerprint density at radius 2 is 1.79 bits per heavy atom. The molecule has 0 radical (unpaired) electrons. The molecule has 5 rings (SSSR count). The molecule has 0 aliphatic carbocycles. The Hall–Kier alpha value is -4.36. The van der Waals surface area contributed by atoms with Crippen LogP contribution in [-0.2, 0) is 4.79 Å². The van der Waals surface area contributed by atoms with E-state index in [-0.39, 0.29) is 22.7 Å². The molecule has 0 bridgehead atoms. The Bertz CT molecular complexity index is 1690. The number of carbonyl (C=O) groups is 2. The molecule has 1 aromatic heterocycles. The van der Waals surface area contributed by atoms with Crippen molar-refractivity contribution in [3.05, 3.63) is 84.2 Å². The van der Waals surface area contributed by atoms with E-state index < -0.39 is 17.1 Å². The van der Waals surface area contributed by atoms with Gasteiger partial charge in [0.15, 0.2) is 15.7 Å². The minimum atomic E-state index is -4.78. The van der Waals surface area contributed by atoms with Crippen LogP contribution in [0.15, 0.2) is 78.0 Å². The fourth-order valence-corrected chi connectivity index (χ4v) is 5.44. The number of nitrogens with zero attached hydrogens (tertiary/aromatic N) is 5. The summed E-state index contributed by atoms with van der Waals surface area (Å²) in [5.41, 5.74) is 4.08. The van der Waals surface area contributed by atoms with E-state index in [1.807, 2.05) is 39.0 Å². The molecule has 1 saturated heterocycles. The van der Waals surface area contributed by atoms with Gasteiger partial charge in [-0.3, -0.25) is 9.69 Å². The maximum absolute atomic E-state index is 13.0. The molecule has 222 valence electrons. The number of ether oxygens (including phenoxy) is 1. The number of amidine groups is 1. The molecule has 1 atom stereocenters. The van der Waals surface area contributed by atoms with Gasteiger partial charge in [0.1, 0.15) is 12.1 Å². The van der Waals surface area contributed by atoms with Crippen molar-refractivity contribution in [1.82, 2.24) is 14.8 Å². The Balaban J connectivity index is 1.29. The van der Waals surface area contributed by atoms with E-state index in [0.717, 1.165) is 22.9 Å². The minimum Gasteiger partial charge on any atom is -0.406 e. The lowest BCUT2D eigenvalue weighted by molar-refractivity contribution is -0.274. The van der Waals surface area contributed by atoms with Crippen molar-refractivity contribution >= 4 is 51.8 Å². The van der Waals surface area contributed by atoms with Gasteiger partial charge in [-0.05, 0) is 78.6 Å². The van der Waals surface area contributed by atoms with Gasteiger partial charge in [0.25, 0.3) is 5.91 Å². The molecule has 2 heterocycles. The van der Waals surface area contributed by atoms with Gasteiger partial charge in [0, 0.05) is 11.3 Å². The smallest absolute Gasteiger partial charge is 0.406 e. The van der Waals surface area contributed by atoms with Gasteiger partial charge in [0.05, 0.1) is 11.4 Å². The highest BCUT2D eigenvalue weighted by atomic mass is 35.5. The number of thioether (sulfide) groups is 1. The van der Waals surface area contributed by atoms with Gasteiger partial charge in [-0.15, -0.1) is 18.3 Å². The normalized spacial score (nSPS) is 16.3. The van der Waals surface area contributed by atoms with Crippen LogP contribution in [0.3, 0.4) is 0 Å². The monoisotopic (exact) mass is 628 g/mol. The lowest BCUT2D eigenvalue weighted by Gasteiger charge is -2.22. The molecular weight excluding hydrogens is 605 g/mol. The SMILES string of the molecule is Cc1ccc(C(C)C)c(N2C(=O)C(Cl)SC2=NC(=O)Nc2ccc(-c3ncn(-c4ccc(OC(F)(F)F)cc4)n3)cc2)c1. The number of carbonyl (C=O) groups excluding carboxylic acids is 2. The number of amides is 3. The number of rotatable bonds is 6. The van der Waals surface area contributed by atoms with E-state index >= 15 is 0 Å². The molecule has 0 saturated carbocycles. The number of anilines is 2. The molecular formula is C29H24ClF3N6O3S. The molecule has 4 aromatic rings. The number of nitrogens with one attached hydrogen (secondary N) is 1. The van der Waals surface area contributed by atoms with Gasteiger partial charge in [-0.1, -0.05) is 49.3 Å². The van der Waals surface area contributed by atoms with Gasteiger partial charge < -0.3 is 10.1 Å². The first-order valence-corrected chi connectivity index (χ1v) is 14.2. The van der Waals surface area contributed by atoms with Crippen molar-refractivity contribution in [3.63, 3.8) is 0 Å². The van der Waals surface area contributed by atoms with Crippen LogP contribution in [0.2, 0.25) is 0 Å². The molecule has 9 nitrogen and oxygen atoms in total. The zero-order chi connectivity index (χ0) is 30.9. The van der Waals surface area contributed by atoms with E-state index in [4.69, 9.17) is 11.6 Å². The first-order chi connectivity index (χ1) is 20.4. The zero-order valence-electron chi connectivity index (χ0n) is 23.0. The summed E-state index contributed by atoms with van der Waals surface area (Å²) in [6.45, 7) is 5.95. The highest BCUT2D eigenvalue weighted by molar-refractivity contribution is 8.17. The van der Waals surface area contributed by atoms with Crippen molar-refractivity contribution in [2.75, 3.05) is 10.2 Å². The maximum Gasteiger partial charge on any atom is 0.573 e. The summed E-state index contributed by atoms with van der Waals surface area (Å²) in [5, 5.41) is 7.24. The standard InChI is InChI=1S/C29H24ClF3N6O3S/c1-16(2)22-13-4-17(3)14-23(22)39-26(40)24(30)43-28(39)36-27(41)35-19-7-5-18(6-8-19)25-34-15-38(37-25)20-9-11-21(12-10-20)42-29(31,32)33/h4-16,24H,1-3H3,(H,35,41). The summed E-state index contributed by atoms with van der Waals surface area (Å²) in [5.74, 6) is -0.232. The third-order valence-corrected chi connectivity index (χ3v) is 7.63. The third-order valence-electron chi connectivity index (χ3n) is 6.28. The van der Waals surface area contributed by atoms with Gasteiger partial charge in [-0.25, -0.2) is 14.5 Å². The lowest BCUT2D eigenvalue weighted by atomic mass is 9.99. The Morgan fingerprint density at radius 1 is 1.09 bits per heavy atom. The number of aryl methyl sites for hydroxylation is 1. The summed E-state index contributed by atoms with van der Waals surface area (Å²) in [6, 6.07) is 17.0. The summed E-state index contributed by atoms with van der Waals surface area (Å²) >= 11 is 7.26. The van der Waals surface area contributed by atoms with Crippen LogP contribution in [0.4, 0.5) is 29.3 Å². The summed E-state index contributed by atoms with van der Waals surface area (Å²) in [7, 11) is 0. The van der Waals surface area contributed by atoms with Crippen LogP contribution in [0.25, 0.3) is 17.1 Å². The molecule has 1 aliphatic rings. The van der Waals surface area contributed by atoms with Gasteiger partial charge in [-0.2, -0.15) is 4.99 Å². The number of urea groups is 1. The molecule has 1 fully saturated rings. The van der Waals surface area contributed by atoms with Crippen LogP contribution >= 0.6 is 23.4 Å². The second kappa shape index (κ2) is 12.1. The van der Waals surface area contributed by atoms with Crippen LogP contribution in [0, 0.1) is 6.92 Å². The molecule has 14 heteroatoms. The molecule has 43 heavy (non-hydrogen) atoms. The maximum atomic E-state index is 13.0. The highest BCUT2D eigenvalue weighted by Gasteiger charge is 2.39. The lowest BCUT2D eigenvalue weighted by Crippen LogP contribution is -2.32. The quantitative estimate of drug-likeness (QED) is 0.222. The van der Waals surface area contributed by atoms with E-state index in [2.05, 4.69) is 25.1 Å². The largest absolute Gasteiger partial charge is 0.573 e. The Labute approximate surface area is 253 Å². The van der Waals surface area contributed by atoms with Gasteiger partial charge >= 0.3 is 12.4 Å². The van der Waals surface area contributed by atoms with Crippen LogP contribution in [-0.4, -0.2) is 42.9 Å².